The number of methoxy groups -OCH3 is 1. The number of hydrogen-bond acceptors (Lipinski definition) is 4. The lowest BCUT2D eigenvalue weighted by molar-refractivity contribution is -0.146. The number of benzene rings is 1. The average molecular weight is 279 g/mol. The van der Waals surface area contributed by atoms with Crippen molar-refractivity contribution in [2.45, 2.75) is 6.17 Å². The molecule has 1 atom stereocenters. The van der Waals surface area contributed by atoms with E-state index in [1.807, 2.05) is 0 Å². The molecule has 15 heavy (non-hydrogen) atoms. The molecule has 0 radical (unpaired) electrons. The maximum atomic E-state index is 13.4. The standard InChI is InChI=1S/C9H8BrFO4/c1-15-9(14)8(11)4-2-6(12)7(13)3-5(4)10/h2-3,8,12-13H,1H3. The zero-order valence-corrected chi connectivity index (χ0v) is 9.28. The molecule has 4 nitrogen and oxygen atoms in total. The van der Waals surface area contributed by atoms with Gasteiger partial charge in [-0.3, -0.25) is 0 Å². The fourth-order valence-corrected chi connectivity index (χ4v) is 1.52. The predicted molar refractivity (Wildman–Crippen MR) is 53.3 cm³/mol. The van der Waals surface area contributed by atoms with Gasteiger partial charge >= 0.3 is 5.97 Å². The molecule has 1 aromatic rings. The molecule has 82 valence electrons. The van der Waals surface area contributed by atoms with Gasteiger partial charge in [0.25, 0.3) is 0 Å². The van der Waals surface area contributed by atoms with Gasteiger partial charge in [-0.25, -0.2) is 9.18 Å². The van der Waals surface area contributed by atoms with Crippen LogP contribution in [0.4, 0.5) is 4.39 Å². The lowest BCUT2D eigenvalue weighted by Gasteiger charge is -2.09. The lowest BCUT2D eigenvalue weighted by atomic mass is 10.1. The summed E-state index contributed by atoms with van der Waals surface area (Å²) < 4.78 is 17.8. The molecular weight excluding hydrogens is 271 g/mol. The van der Waals surface area contributed by atoms with E-state index in [0.717, 1.165) is 19.2 Å². The molecule has 2 N–H and O–H groups in total. The number of carbonyl (C=O) groups excluding carboxylic acids is 1. The smallest absolute Gasteiger partial charge is 0.345 e. The first-order valence-corrected chi connectivity index (χ1v) is 4.70. The Balaban J connectivity index is 3.14. The number of aromatic hydroxyl groups is 2. The summed E-state index contributed by atoms with van der Waals surface area (Å²) in [7, 11) is 1.06. The van der Waals surface area contributed by atoms with Crippen molar-refractivity contribution in [1.29, 1.82) is 0 Å². The quantitative estimate of drug-likeness (QED) is 0.642. The lowest BCUT2D eigenvalue weighted by Crippen LogP contribution is -2.10. The largest absolute Gasteiger partial charge is 0.504 e. The van der Waals surface area contributed by atoms with Gasteiger partial charge in [-0.2, -0.15) is 0 Å². The molecule has 0 heterocycles. The van der Waals surface area contributed by atoms with Crippen molar-refractivity contribution in [3.8, 4) is 11.5 Å². The Morgan fingerprint density at radius 1 is 1.47 bits per heavy atom. The van der Waals surface area contributed by atoms with E-state index in [2.05, 4.69) is 20.7 Å². The van der Waals surface area contributed by atoms with Crippen LogP contribution in [0.2, 0.25) is 0 Å². The Labute approximate surface area is 93.4 Å². The van der Waals surface area contributed by atoms with Crippen LogP contribution in [0.5, 0.6) is 11.5 Å². The van der Waals surface area contributed by atoms with E-state index in [1.165, 1.54) is 0 Å². The van der Waals surface area contributed by atoms with Crippen molar-refractivity contribution < 1.29 is 24.1 Å². The summed E-state index contributed by atoms with van der Waals surface area (Å²) in [6, 6.07) is 2.06. The van der Waals surface area contributed by atoms with Gasteiger partial charge in [0, 0.05) is 10.0 Å². The number of ether oxygens (including phenoxy) is 1. The van der Waals surface area contributed by atoms with Crippen LogP contribution in [0.1, 0.15) is 11.7 Å². The molecule has 0 bridgehead atoms. The second-order valence-corrected chi connectivity index (χ2v) is 3.60. The minimum absolute atomic E-state index is 0.0999. The van der Waals surface area contributed by atoms with Crippen LogP contribution in [0.25, 0.3) is 0 Å². The molecule has 6 heteroatoms. The average Bonchev–Trinajstić information content (AvgIpc) is 2.21. The van der Waals surface area contributed by atoms with Gasteiger partial charge in [-0.1, -0.05) is 15.9 Å². The highest BCUT2D eigenvalue weighted by Crippen LogP contribution is 2.36. The minimum Gasteiger partial charge on any atom is -0.504 e. The molecule has 0 aliphatic heterocycles. The van der Waals surface area contributed by atoms with Crippen LogP contribution in [-0.4, -0.2) is 23.3 Å². The van der Waals surface area contributed by atoms with Gasteiger partial charge in [0.05, 0.1) is 7.11 Å². The fraction of sp³-hybridized carbons (Fsp3) is 0.222. The van der Waals surface area contributed by atoms with E-state index in [-0.39, 0.29) is 10.0 Å². The summed E-state index contributed by atoms with van der Waals surface area (Å²) in [5.74, 6) is -1.97. The molecule has 0 amide bonds. The van der Waals surface area contributed by atoms with Gasteiger partial charge in [0.1, 0.15) is 0 Å². The molecule has 1 rings (SSSR count). The number of phenolic OH excluding ortho intramolecular Hbond substituents is 2. The first-order chi connectivity index (χ1) is 6.97. The number of carbonyl (C=O) groups is 1. The maximum Gasteiger partial charge on any atom is 0.345 e. The third-order valence-electron chi connectivity index (χ3n) is 1.78. The third kappa shape index (κ3) is 2.38. The van der Waals surface area contributed by atoms with Crippen molar-refractivity contribution in [2.24, 2.45) is 0 Å². The summed E-state index contributed by atoms with van der Waals surface area (Å²) in [6.07, 6.45) is -2.00. The van der Waals surface area contributed by atoms with Gasteiger partial charge in [0.2, 0.25) is 6.17 Å². The van der Waals surface area contributed by atoms with E-state index in [0.29, 0.717) is 0 Å². The number of esters is 1. The first-order valence-electron chi connectivity index (χ1n) is 3.90. The molecule has 0 aromatic heterocycles. The van der Waals surface area contributed by atoms with E-state index in [9.17, 15) is 9.18 Å². The van der Waals surface area contributed by atoms with Crippen molar-refractivity contribution in [3.63, 3.8) is 0 Å². The van der Waals surface area contributed by atoms with E-state index >= 15 is 0 Å². The Hall–Kier alpha value is -1.30. The van der Waals surface area contributed by atoms with Crippen molar-refractivity contribution in [3.05, 3.63) is 22.2 Å². The van der Waals surface area contributed by atoms with Crippen LogP contribution < -0.4 is 0 Å². The van der Waals surface area contributed by atoms with Gasteiger partial charge in [0.15, 0.2) is 11.5 Å². The van der Waals surface area contributed by atoms with Crippen molar-refractivity contribution in [1.82, 2.24) is 0 Å². The van der Waals surface area contributed by atoms with Crippen molar-refractivity contribution >= 4 is 21.9 Å². The van der Waals surface area contributed by atoms with Crippen LogP contribution in [0.15, 0.2) is 16.6 Å². The van der Waals surface area contributed by atoms with E-state index in [1.54, 1.807) is 0 Å². The SMILES string of the molecule is COC(=O)C(F)c1cc(O)c(O)cc1Br. The number of alkyl halides is 1. The predicted octanol–water partition coefficient (Wildman–Crippen LogP) is 2.04. The Morgan fingerprint density at radius 3 is 2.53 bits per heavy atom. The summed E-state index contributed by atoms with van der Waals surface area (Å²) in [6.45, 7) is 0. The monoisotopic (exact) mass is 278 g/mol. The molecule has 0 saturated heterocycles. The van der Waals surface area contributed by atoms with Crippen LogP contribution in [0, 0.1) is 0 Å². The summed E-state index contributed by atoms with van der Waals surface area (Å²) in [5.41, 5.74) is -0.0999. The molecular formula is C9H8BrFO4. The second kappa shape index (κ2) is 4.48. The Kier molecular flexibility index (Phi) is 3.52. The minimum atomic E-state index is -2.00. The van der Waals surface area contributed by atoms with Gasteiger partial charge in [-0.15, -0.1) is 0 Å². The maximum absolute atomic E-state index is 13.4. The summed E-state index contributed by atoms with van der Waals surface area (Å²) in [5, 5.41) is 18.2. The normalized spacial score (nSPS) is 12.2. The topological polar surface area (TPSA) is 66.8 Å². The van der Waals surface area contributed by atoms with Gasteiger partial charge < -0.3 is 14.9 Å². The molecule has 0 aliphatic carbocycles. The molecule has 0 aliphatic rings. The highest BCUT2D eigenvalue weighted by Gasteiger charge is 2.24. The summed E-state index contributed by atoms with van der Waals surface area (Å²) in [4.78, 5) is 10.9. The first kappa shape index (κ1) is 11.8. The van der Waals surface area contributed by atoms with Gasteiger partial charge in [-0.05, 0) is 12.1 Å². The molecule has 0 saturated carbocycles. The third-order valence-corrected chi connectivity index (χ3v) is 2.46. The molecule has 1 unspecified atom stereocenters. The van der Waals surface area contributed by atoms with E-state index < -0.39 is 23.6 Å². The highest BCUT2D eigenvalue weighted by atomic mass is 79.9. The van der Waals surface area contributed by atoms with E-state index in [4.69, 9.17) is 10.2 Å². The van der Waals surface area contributed by atoms with Crippen LogP contribution >= 0.6 is 15.9 Å². The number of phenols is 2. The zero-order valence-electron chi connectivity index (χ0n) is 7.70. The highest BCUT2D eigenvalue weighted by molar-refractivity contribution is 9.10. The fourth-order valence-electron chi connectivity index (χ4n) is 0.992. The number of rotatable bonds is 2. The Bertz CT molecular complexity index is 394. The Morgan fingerprint density at radius 2 is 2.00 bits per heavy atom. The molecule has 0 spiro atoms. The van der Waals surface area contributed by atoms with Crippen LogP contribution in [0.3, 0.4) is 0 Å². The molecule has 0 fully saturated rings. The zero-order chi connectivity index (χ0) is 11.6. The van der Waals surface area contributed by atoms with Crippen molar-refractivity contribution in [2.75, 3.05) is 7.11 Å². The number of halogens is 2. The number of hydrogen-bond donors (Lipinski definition) is 2. The summed E-state index contributed by atoms with van der Waals surface area (Å²) >= 11 is 2.96. The second-order valence-electron chi connectivity index (χ2n) is 2.75. The molecule has 1 aromatic carbocycles. The van der Waals surface area contributed by atoms with Crippen LogP contribution in [-0.2, 0) is 9.53 Å².